The Morgan fingerprint density at radius 3 is 2.73 bits per heavy atom. The second kappa shape index (κ2) is 6.85. The summed E-state index contributed by atoms with van der Waals surface area (Å²) in [5.74, 6) is -0.330. The molecule has 0 spiro atoms. The first-order chi connectivity index (χ1) is 12.6. The van der Waals surface area contributed by atoms with Gasteiger partial charge in [0.25, 0.3) is 11.5 Å². The van der Waals surface area contributed by atoms with Gasteiger partial charge in [-0.15, -0.1) is 0 Å². The van der Waals surface area contributed by atoms with E-state index in [1.165, 1.54) is 12.8 Å². The number of para-hydroxylation sites is 1. The van der Waals surface area contributed by atoms with Crippen LogP contribution in [0.1, 0.15) is 36.0 Å². The summed E-state index contributed by atoms with van der Waals surface area (Å²) >= 11 is 0. The summed E-state index contributed by atoms with van der Waals surface area (Å²) in [6.07, 6.45) is 3.43. The summed E-state index contributed by atoms with van der Waals surface area (Å²) in [6, 6.07) is 8.92. The van der Waals surface area contributed by atoms with E-state index in [1.807, 2.05) is 24.3 Å². The molecule has 1 aromatic heterocycles. The quantitative estimate of drug-likeness (QED) is 0.877. The molecule has 0 unspecified atom stereocenters. The lowest BCUT2D eigenvalue weighted by molar-refractivity contribution is 0.0295. The number of likely N-dealkylation sites (tertiary alicyclic amines) is 1. The molecular weight excluding hydrogens is 330 g/mol. The number of nitrogens with one attached hydrogen (secondary N) is 1. The van der Waals surface area contributed by atoms with Crippen molar-refractivity contribution in [2.45, 2.75) is 43.9 Å². The van der Waals surface area contributed by atoms with E-state index < -0.39 is 6.10 Å². The van der Waals surface area contributed by atoms with Gasteiger partial charge in [-0.05, 0) is 56.3 Å². The van der Waals surface area contributed by atoms with Crippen LogP contribution in [0.2, 0.25) is 0 Å². The molecule has 2 fully saturated rings. The van der Waals surface area contributed by atoms with Crippen LogP contribution in [0.25, 0.3) is 10.9 Å². The van der Waals surface area contributed by atoms with E-state index in [0.29, 0.717) is 5.52 Å². The second-order valence-electron chi connectivity index (χ2n) is 7.46. The Hall–Kier alpha value is -2.18. The van der Waals surface area contributed by atoms with Crippen LogP contribution in [0, 0.1) is 0 Å². The second-order valence-corrected chi connectivity index (χ2v) is 7.46. The highest BCUT2D eigenvalue weighted by Gasteiger charge is 2.42. The Morgan fingerprint density at radius 1 is 1.23 bits per heavy atom. The van der Waals surface area contributed by atoms with E-state index in [2.05, 4.69) is 9.88 Å². The third-order valence-corrected chi connectivity index (χ3v) is 5.96. The fourth-order valence-electron chi connectivity index (χ4n) is 4.48. The van der Waals surface area contributed by atoms with Gasteiger partial charge in [0, 0.05) is 18.6 Å². The van der Waals surface area contributed by atoms with Crippen molar-refractivity contribution in [1.29, 1.82) is 0 Å². The third kappa shape index (κ3) is 2.93. The van der Waals surface area contributed by atoms with Crippen LogP contribution in [0.5, 0.6) is 0 Å². The number of pyridine rings is 1. The number of aromatic nitrogens is 1. The van der Waals surface area contributed by atoms with Gasteiger partial charge in [0.05, 0.1) is 12.1 Å². The highest BCUT2D eigenvalue weighted by atomic mass is 16.3. The Kier molecular flexibility index (Phi) is 4.54. The number of carbonyl (C=O) groups is 1. The SMILES string of the molecule is CN(C(=O)c1cc2ccccc2[nH]c1=O)[C@@H]1CC[C@@H](N2CCCC2)[C@@H]1O. The maximum Gasteiger partial charge on any atom is 0.261 e. The molecule has 1 saturated carbocycles. The molecule has 26 heavy (non-hydrogen) atoms. The first-order valence-corrected chi connectivity index (χ1v) is 9.37. The molecule has 1 saturated heterocycles. The van der Waals surface area contributed by atoms with Gasteiger partial charge in [0.1, 0.15) is 5.56 Å². The number of aliphatic hydroxyl groups excluding tert-OH is 1. The molecule has 0 bridgehead atoms. The van der Waals surface area contributed by atoms with Crippen molar-refractivity contribution in [3.05, 3.63) is 46.2 Å². The van der Waals surface area contributed by atoms with Gasteiger partial charge in [-0.2, -0.15) is 0 Å². The summed E-state index contributed by atoms with van der Waals surface area (Å²) in [5.41, 5.74) is 0.457. The normalized spacial score (nSPS) is 26.5. The minimum atomic E-state index is -0.568. The number of H-pyrrole nitrogens is 1. The van der Waals surface area contributed by atoms with Gasteiger partial charge < -0.3 is 15.0 Å². The Morgan fingerprint density at radius 2 is 1.96 bits per heavy atom. The minimum absolute atomic E-state index is 0.118. The average Bonchev–Trinajstić information content (AvgIpc) is 3.29. The zero-order valence-electron chi connectivity index (χ0n) is 15.0. The van der Waals surface area contributed by atoms with Crippen LogP contribution in [0.15, 0.2) is 35.1 Å². The number of hydrogen-bond donors (Lipinski definition) is 2. The molecule has 1 aliphatic heterocycles. The lowest BCUT2D eigenvalue weighted by atomic mass is 10.1. The molecular formula is C20H25N3O3. The van der Waals surface area contributed by atoms with Crippen LogP contribution in [0.3, 0.4) is 0 Å². The minimum Gasteiger partial charge on any atom is -0.389 e. The summed E-state index contributed by atoms with van der Waals surface area (Å²) in [5, 5.41) is 11.6. The number of carbonyl (C=O) groups excluding carboxylic acids is 1. The van der Waals surface area contributed by atoms with Crippen LogP contribution >= 0.6 is 0 Å². The molecule has 1 aliphatic carbocycles. The van der Waals surface area contributed by atoms with E-state index in [4.69, 9.17) is 0 Å². The lowest BCUT2D eigenvalue weighted by Gasteiger charge is -2.32. The van der Waals surface area contributed by atoms with Crippen molar-refractivity contribution in [2.24, 2.45) is 0 Å². The maximum absolute atomic E-state index is 13.0. The number of benzene rings is 1. The summed E-state index contributed by atoms with van der Waals surface area (Å²) in [7, 11) is 1.69. The van der Waals surface area contributed by atoms with Gasteiger partial charge >= 0.3 is 0 Å². The molecule has 1 aromatic carbocycles. The fraction of sp³-hybridized carbons (Fsp3) is 0.500. The van der Waals surface area contributed by atoms with Crippen molar-refractivity contribution in [3.63, 3.8) is 0 Å². The summed E-state index contributed by atoms with van der Waals surface area (Å²) in [6.45, 7) is 2.05. The molecule has 2 N–H and O–H groups in total. The summed E-state index contributed by atoms with van der Waals surface area (Å²) in [4.78, 5) is 32.0. The first-order valence-electron chi connectivity index (χ1n) is 9.37. The van der Waals surface area contributed by atoms with Crippen LogP contribution in [0.4, 0.5) is 0 Å². The number of aliphatic hydroxyl groups is 1. The van der Waals surface area contributed by atoms with Crippen molar-refractivity contribution in [1.82, 2.24) is 14.8 Å². The summed E-state index contributed by atoms with van der Waals surface area (Å²) < 4.78 is 0. The number of rotatable bonds is 3. The number of amides is 1. The van der Waals surface area contributed by atoms with E-state index in [-0.39, 0.29) is 29.1 Å². The predicted octanol–water partition coefficient (Wildman–Crippen LogP) is 1.59. The first kappa shape index (κ1) is 17.2. The lowest BCUT2D eigenvalue weighted by Crippen LogP contribution is -2.49. The molecule has 2 aliphatic rings. The fourth-order valence-corrected chi connectivity index (χ4v) is 4.48. The van der Waals surface area contributed by atoms with Gasteiger partial charge in [0.15, 0.2) is 0 Å². The van der Waals surface area contributed by atoms with Crippen molar-refractivity contribution >= 4 is 16.8 Å². The Balaban J connectivity index is 1.56. The van der Waals surface area contributed by atoms with Gasteiger partial charge in [-0.1, -0.05) is 18.2 Å². The topological polar surface area (TPSA) is 76.6 Å². The van der Waals surface area contributed by atoms with Crippen LogP contribution < -0.4 is 5.56 Å². The van der Waals surface area contributed by atoms with E-state index in [9.17, 15) is 14.7 Å². The standard InChI is InChI=1S/C20H25N3O3/c1-22(16-8-9-17(18(16)24)23-10-4-5-11-23)20(26)14-12-13-6-2-3-7-15(13)21-19(14)25/h2-3,6-7,12,16-18,24H,4-5,8-11H2,1H3,(H,21,25)/t16-,17-,18-/m1/s1. The van der Waals surface area contributed by atoms with Crippen molar-refractivity contribution < 1.29 is 9.90 Å². The number of likely N-dealkylation sites (N-methyl/N-ethyl adjacent to an activating group) is 1. The molecule has 138 valence electrons. The van der Waals surface area contributed by atoms with Gasteiger partial charge in [0.2, 0.25) is 0 Å². The van der Waals surface area contributed by atoms with Crippen LogP contribution in [-0.2, 0) is 0 Å². The maximum atomic E-state index is 13.0. The van der Waals surface area contributed by atoms with Gasteiger partial charge in [-0.3, -0.25) is 14.5 Å². The van der Waals surface area contributed by atoms with E-state index in [1.54, 1.807) is 18.0 Å². The number of fused-ring (bicyclic) bond motifs is 1. The zero-order chi connectivity index (χ0) is 18.3. The molecule has 6 heteroatoms. The van der Waals surface area contributed by atoms with Gasteiger partial charge in [-0.25, -0.2) is 0 Å². The molecule has 3 atom stereocenters. The monoisotopic (exact) mass is 355 g/mol. The Bertz CT molecular complexity index is 872. The third-order valence-electron chi connectivity index (χ3n) is 5.96. The highest BCUT2D eigenvalue weighted by Crippen LogP contribution is 2.30. The number of hydrogen-bond acceptors (Lipinski definition) is 4. The Labute approximate surface area is 152 Å². The predicted molar refractivity (Wildman–Crippen MR) is 100 cm³/mol. The average molecular weight is 355 g/mol. The van der Waals surface area contributed by atoms with Crippen molar-refractivity contribution in [3.8, 4) is 0 Å². The molecule has 4 rings (SSSR count). The highest BCUT2D eigenvalue weighted by molar-refractivity contribution is 5.97. The van der Waals surface area contributed by atoms with E-state index >= 15 is 0 Å². The number of aromatic amines is 1. The smallest absolute Gasteiger partial charge is 0.261 e. The van der Waals surface area contributed by atoms with E-state index in [0.717, 1.165) is 31.3 Å². The molecule has 1 amide bonds. The molecule has 0 radical (unpaired) electrons. The molecule has 2 aromatic rings. The number of nitrogens with zero attached hydrogens (tertiary/aromatic N) is 2. The van der Waals surface area contributed by atoms with Crippen molar-refractivity contribution in [2.75, 3.05) is 20.1 Å². The molecule has 6 nitrogen and oxygen atoms in total. The zero-order valence-corrected chi connectivity index (χ0v) is 15.0. The van der Waals surface area contributed by atoms with Crippen LogP contribution in [-0.4, -0.2) is 64.1 Å². The molecule has 2 heterocycles. The largest absolute Gasteiger partial charge is 0.389 e.